The Hall–Kier alpha value is -0.840. The van der Waals surface area contributed by atoms with Gasteiger partial charge in [0.1, 0.15) is 5.82 Å². The first-order valence-corrected chi connectivity index (χ1v) is 4.82. The summed E-state index contributed by atoms with van der Waals surface area (Å²) in [6, 6.07) is 3.23. The molecule has 0 spiro atoms. The van der Waals surface area contributed by atoms with Crippen LogP contribution in [-0.4, -0.2) is 6.29 Å². The van der Waals surface area contributed by atoms with E-state index in [1.165, 1.54) is 6.07 Å². The standard InChI is InChI=1S/C9H6BrF3O/c10-4-6-1-2-7(8(11)3-6)9(12,13)5-14/h1-3,5H,4H2. The Morgan fingerprint density at radius 1 is 1.43 bits per heavy atom. The first-order chi connectivity index (χ1) is 6.51. The summed E-state index contributed by atoms with van der Waals surface area (Å²) >= 11 is 3.06. The fourth-order valence-corrected chi connectivity index (χ4v) is 1.32. The van der Waals surface area contributed by atoms with Crippen LogP contribution in [0, 0.1) is 5.82 Å². The number of hydrogen-bond acceptors (Lipinski definition) is 1. The van der Waals surface area contributed by atoms with Crippen molar-refractivity contribution in [1.82, 2.24) is 0 Å². The van der Waals surface area contributed by atoms with Gasteiger partial charge in [-0.15, -0.1) is 0 Å². The molecule has 0 aromatic heterocycles. The molecule has 0 bridgehead atoms. The molecule has 0 unspecified atom stereocenters. The van der Waals surface area contributed by atoms with Crippen molar-refractivity contribution >= 4 is 22.2 Å². The van der Waals surface area contributed by atoms with E-state index in [9.17, 15) is 18.0 Å². The fourth-order valence-electron chi connectivity index (χ4n) is 0.976. The minimum absolute atomic E-state index is 0.372. The molecular formula is C9H6BrF3O. The van der Waals surface area contributed by atoms with Crippen molar-refractivity contribution in [3.63, 3.8) is 0 Å². The molecule has 0 aliphatic rings. The molecule has 0 aliphatic heterocycles. The lowest BCUT2D eigenvalue weighted by molar-refractivity contribution is -0.130. The van der Waals surface area contributed by atoms with Crippen molar-refractivity contribution in [2.45, 2.75) is 11.3 Å². The summed E-state index contributed by atoms with van der Waals surface area (Å²) in [5, 5.41) is 0.372. The van der Waals surface area contributed by atoms with E-state index in [0.717, 1.165) is 12.1 Å². The maximum Gasteiger partial charge on any atom is 0.330 e. The minimum atomic E-state index is -3.76. The lowest BCUT2D eigenvalue weighted by atomic mass is 10.1. The lowest BCUT2D eigenvalue weighted by Crippen LogP contribution is -2.16. The molecule has 0 N–H and O–H groups in total. The molecule has 0 aliphatic carbocycles. The summed E-state index contributed by atoms with van der Waals surface area (Å²) in [6.07, 6.45) is -0.570. The highest BCUT2D eigenvalue weighted by Gasteiger charge is 2.33. The van der Waals surface area contributed by atoms with Crippen LogP contribution in [0.4, 0.5) is 13.2 Å². The van der Waals surface area contributed by atoms with Crippen LogP contribution in [0.1, 0.15) is 11.1 Å². The van der Waals surface area contributed by atoms with Crippen LogP contribution in [0.2, 0.25) is 0 Å². The van der Waals surface area contributed by atoms with Crippen molar-refractivity contribution in [1.29, 1.82) is 0 Å². The number of hydrogen-bond donors (Lipinski definition) is 0. The Kier molecular flexibility index (Phi) is 3.31. The van der Waals surface area contributed by atoms with Crippen LogP contribution < -0.4 is 0 Å². The molecule has 0 saturated carbocycles. The number of benzene rings is 1. The maximum atomic E-state index is 13.1. The highest BCUT2D eigenvalue weighted by molar-refractivity contribution is 9.08. The van der Waals surface area contributed by atoms with Crippen LogP contribution in [0.3, 0.4) is 0 Å². The van der Waals surface area contributed by atoms with E-state index in [1.54, 1.807) is 0 Å². The molecule has 1 rings (SSSR count). The zero-order valence-corrected chi connectivity index (χ0v) is 8.52. The summed E-state index contributed by atoms with van der Waals surface area (Å²) < 4.78 is 38.6. The second kappa shape index (κ2) is 4.13. The third kappa shape index (κ3) is 2.15. The summed E-state index contributed by atoms with van der Waals surface area (Å²) in [4.78, 5) is 10.0. The highest BCUT2D eigenvalue weighted by Crippen LogP contribution is 2.28. The Morgan fingerprint density at radius 3 is 2.50 bits per heavy atom. The van der Waals surface area contributed by atoms with Gasteiger partial charge >= 0.3 is 5.92 Å². The van der Waals surface area contributed by atoms with Gasteiger partial charge in [0.05, 0.1) is 5.56 Å². The number of halogens is 4. The topological polar surface area (TPSA) is 17.1 Å². The minimum Gasteiger partial charge on any atom is -0.296 e. The zero-order valence-electron chi connectivity index (χ0n) is 6.94. The molecule has 76 valence electrons. The number of rotatable bonds is 3. The average molecular weight is 267 g/mol. The molecular weight excluding hydrogens is 261 g/mol. The molecule has 0 radical (unpaired) electrons. The van der Waals surface area contributed by atoms with Gasteiger partial charge in [0, 0.05) is 5.33 Å². The largest absolute Gasteiger partial charge is 0.330 e. The number of aldehydes is 1. The average Bonchev–Trinajstić information content (AvgIpc) is 2.17. The SMILES string of the molecule is O=CC(F)(F)c1ccc(CBr)cc1F. The lowest BCUT2D eigenvalue weighted by Gasteiger charge is -2.10. The predicted octanol–water partition coefficient (Wildman–Crippen LogP) is 3.01. The molecule has 1 nitrogen and oxygen atoms in total. The summed E-state index contributed by atoms with van der Waals surface area (Å²) in [5.41, 5.74) is -0.356. The molecule has 0 fully saturated rings. The van der Waals surface area contributed by atoms with Gasteiger partial charge in [0.25, 0.3) is 0 Å². The van der Waals surface area contributed by atoms with Crippen LogP contribution in [-0.2, 0) is 16.0 Å². The van der Waals surface area contributed by atoms with Crippen LogP contribution in [0.5, 0.6) is 0 Å². The van der Waals surface area contributed by atoms with Crippen LogP contribution in [0.15, 0.2) is 18.2 Å². The van der Waals surface area contributed by atoms with Crippen molar-refractivity contribution in [3.8, 4) is 0 Å². The smallest absolute Gasteiger partial charge is 0.296 e. The van der Waals surface area contributed by atoms with Gasteiger partial charge in [0.2, 0.25) is 0 Å². The Bertz CT molecular complexity index is 352. The Morgan fingerprint density at radius 2 is 2.07 bits per heavy atom. The van der Waals surface area contributed by atoms with E-state index >= 15 is 0 Å². The van der Waals surface area contributed by atoms with E-state index < -0.39 is 23.6 Å². The third-order valence-corrected chi connectivity index (χ3v) is 2.34. The van der Waals surface area contributed by atoms with Crippen molar-refractivity contribution in [2.24, 2.45) is 0 Å². The summed E-state index contributed by atoms with van der Waals surface area (Å²) in [6.45, 7) is 0. The molecule has 5 heteroatoms. The van der Waals surface area contributed by atoms with Crippen molar-refractivity contribution in [2.75, 3.05) is 0 Å². The normalized spacial score (nSPS) is 11.4. The molecule has 1 aromatic rings. The predicted molar refractivity (Wildman–Crippen MR) is 49.0 cm³/mol. The van der Waals surface area contributed by atoms with Crippen molar-refractivity contribution < 1.29 is 18.0 Å². The number of alkyl halides is 3. The fraction of sp³-hybridized carbons (Fsp3) is 0.222. The zero-order chi connectivity index (χ0) is 10.8. The second-order valence-corrected chi connectivity index (χ2v) is 3.25. The Balaban J connectivity index is 3.18. The first kappa shape index (κ1) is 11.2. The van der Waals surface area contributed by atoms with Crippen LogP contribution >= 0.6 is 15.9 Å². The van der Waals surface area contributed by atoms with Gasteiger partial charge in [-0.05, 0) is 17.7 Å². The maximum absolute atomic E-state index is 13.1. The molecule has 0 saturated heterocycles. The van der Waals surface area contributed by atoms with Gasteiger partial charge in [-0.25, -0.2) is 4.39 Å². The van der Waals surface area contributed by atoms with E-state index in [0.29, 0.717) is 10.9 Å². The van der Waals surface area contributed by atoms with E-state index in [2.05, 4.69) is 15.9 Å². The Labute approximate surface area is 87.1 Å². The van der Waals surface area contributed by atoms with Gasteiger partial charge in [0.15, 0.2) is 6.29 Å². The molecule has 1 aromatic carbocycles. The third-order valence-electron chi connectivity index (χ3n) is 1.69. The second-order valence-electron chi connectivity index (χ2n) is 2.69. The number of carbonyl (C=O) groups is 1. The van der Waals surface area contributed by atoms with Gasteiger partial charge in [-0.1, -0.05) is 22.0 Å². The first-order valence-electron chi connectivity index (χ1n) is 3.70. The van der Waals surface area contributed by atoms with Gasteiger partial charge in [-0.3, -0.25) is 4.79 Å². The van der Waals surface area contributed by atoms with E-state index in [-0.39, 0.29) is 0 Å². The molecule has 0 heterocycles. The molecule has 0 atom stereocenters. The molecule has 0 amide bonds. The molecule has 14 heavy (non-hydrogen) atoms. The number of carbonyl (C=O) groups excluding carboxylic acids is 1. The van der Waals surface area contributed by atoms with E-state index in [4.69, 9.17) is 0 Å². The van der Waals surface area contributed by atoms with Crippen molar-refractivity contribution in [3.05, 3.63) is 35.1 Å². The highest BCUT2D eigenvalue weighted by atomic mass is 79.9. The van der Waals surface area contributed by atoms with Gasteiger partial charge < -0.3 is 0 Å². The quantitative estimate of drug-likeness (QED) is 0.607. The summed E-state index contributed by atoms with van der Waals surface area (Å²) in [5.74, 6) is -4.83. The van der Waals surface area contributed by atoms with E-state index in [1.807, 2.05) is 0 Å². The van der Waals surface area contributed by atoms with Gasteiger partial charge in [-0.2, -0.15) is 8.78 Å². The van der Waals surface area contributed by atoms with Crippen LogP contribution in [0.25, 0.3) is 0 Å². The monoisotopic (exact) mass is 266 g/mol. The summed E-state index contributed by atoms with van der Waals surface area (Å²) in [7, 11) is 0.